The van der Waals surface area contributed by atoms with Crippen LogP contribution in [0.2, 0.25) is 0 Å². The van der Waals surface area contributed by atoms with E-state index in [0.29, 0.717) is 0 Å². The van der Waals surface area contributed by atoms with Gasteiger partial charge in [-0.3, -0.25) is 0 Å². The van der Waals surface area contributed by atoms with Crippen LogP contribution < -0.4 is 0 Å². The average molecular weight is 616 g/mol. The van der Waals surface area contributed by atoms with E-state index in [9.17, 15) is 0 Å². The third kappa shape index (κ3) is 37.0. The number of hydrogen-bond donors (Lipinski definition) is 0. The van der Waals surface area contributed by atoms with Gasteiger partial charge in [0, 0.05) is 26.2 Å². The fourth-order valence-corrected chi connectivity index (χ4v) is 5.19. The van der Waals surface area contributed by atoms with Crippen LogP contribution in [0.25, 0.3) is 0 Å². The fourth-order valence-electron chi connectivity index (χ4n) is 5.19. The minimum Gasteiger partial charge on any atom is -0.353 e. The normalized spacial score (nSPS) is 12.6. The quantitative estimate of drug-likeness (QED) is 0.0402. The molecule has 0 heterocycles. The van der Waals surface area contributed by atoms with Crippen LogP contribution >= 0.6 is 0 Å². The van der Waals surface area contributed by atoms with Gasteiger partial charge >= 0.3 is 0 Å². The van der Waals surface area contributed by atoms with Crippen molar-refractivity contribution in [1.29, 1.82) is 0 Å². The van der Waals surface area contributed by atoms with Crippen molar-refractivity contribution in [2.75, 3.05) is 33.9 Å². The first-order valence-electron chi connectivity index (χ1n) is 19.2. The lowest BCUT2D eigenvalue weighted by atomic mass is 10.1. The van der Waals surface area contributed by atoms with Crippen LogP contribution in [-0.2, 0) is 9.47 Å². The summed E-state index contributed by atoms with van der Waals surface area (Å²) in [7, 11) is 4.25. The molecule has 3 nitrogen and oxygen atoms in total. The first kappa shape index (κ1) is 42.8. The molecule has 0 aromatic rings. The highest BCUT2D eigenvalue weighted by molar-refractivity contribution is 4.93. The van der Waals surface area contributed by atoms with Gasteiger partial charge in [0.25, 0.3) is 0 Å². The van der Waals surface area contributed by atoms with Crippen molar-refractivity contribution in [3.63, 3.8) is 0 Å². The molecule has 0 amide bonds. The Hall–Kier alpha value is -1.16. The van der Waals surface area contributed by atoms with Gasteiger partial charge in [-0.2, -0.15) is 0 Å². The largest absolute Gasteiger partial charge is 0.353 e. The van der Waals surface area contributed by atoms with Crippen LogP contribution in [0.4, 0.5) is 0 Å². The number of rotatable bonds is 35. The van der Waals surface area contributed by atoms with Gasteiger partial charge in [0.05, 0.1) is 0 Å². The zero-order chi connectivity index (χ0) is 32.0. The molecule has 0 spiro atoms. The van der Waals surface area contributed by atoms with E-state index in [1.807, 2.05) is 0 Å². The maximum atomic E-state index is 6.17. The minimum atomic E-state index is -0.0478. The number of hydrogen-bond acceptors (Lipinski definition) is 3. The molecular formula is C41H77NO2. The monoisotopic (exact) mass is 616 g/mol. The van der Waals surface area contributed by atoms with Crippen molar-refractivity contribution in [3.05, 3.63) is 48.6 Å². The predicted octanol–water partition coefficient (Wildman–Crippen LogP) is 12.9. The number of nitrogens with zero attached hydrogens (tertiary/aromatic N) is 1. The second kappa shape index (κ2) is 38.0. The van der Waals surface area contributed by atoms with Crippen LogP contribution in [0.5, 0.6) is 0 Å². The van der Waals surface area contributed by atoms with Gasteiger partial charge in [-0.15, -0.1) is 0 Å². The van der Waals surface area contributed by atoms with E-state index >= 15 is 0 Å². The SMILES string of the molecule is CCCCC/C=C\C/C=C\CCCCCCCCOC(CCN(C)C)OCCCCCCCC/C=C\C/C=C\CCCCC. The summed E-state index contributed by atoms with van der Waals surface area (Å²) in [4.78, 5) is 2.22. The molecule has 0 saturated carbocycles. The van der Waals surface area contributed by atoms with E-state index in [4.69, 9.17) is 9.47 Å². The van der Waals surface area contributed by atoms with E-state index in [2.05, 4.69) is 81.5 Å². The summed E-state index contributed by atoms with van der Waals surface area (Å²) in [5.74, 6) is 0. The highest BCUT2D eigenvalue weighted by Gasteiger charge is 2.10. The molecule has 0 fully saturated rings. The van der Waals surface area contributed by atoms with Crippen molar-refractivity contribution in [2.45, 2.75) is 181 Å². The standard InChI is InChI=1S/C41H77NO2/c1-5-7-9-11-13-15-17-19-21-23-25-27-29-31-33-35-39-43-41(37-38-42(3)4)44-40-36-34-32-30-28-26-24-22-20-18-16-14-12-10-8-6-2/h13-16,19-22,41H,5-12,17-18,23-40H2,1-4H3/b15-13-,16-14-,21-19-,22-20-. The number of unbranched alkanes of at least 4 members (excludes halogenated alkanes) is 18. The van der Waals surface area contributed by atoms with Gasteiger partial charge in [0.1, 0.15) is 0 Å². The average Bonchev–Trinajstić information content (AvgIpc) is 3.02. The van der Waals surface area contributed by atoms with Crippen molar-refractivity contribution >= 4 is 0 Å². The third-order valence-electron chi connectivity index (χ3n) is 8.11. The molecule has 0 aliphatic heterocycles. The lowest BCUT2D eigenvalue weighted by Crippen LogP contribution is -2.25. The van der Waals surface area contributed by atoms with E-state index < -0.39 is 0 Å². The molecule has 0 atom stereocenters. The first-order chi connectivity index (χ1) is 21.7. The summed E-state index contributed by atoms with van der Waals surface area (Å²) in [5.41, 5.74) is 0. The molecule has 3 heteroatoms. The molecule has 0 aromatic heterocycles. The molecule has 258 valence electrons. The number of ether oxygens (including phenoxy) is 2. The summed E-state index contributed by atoms with van der Waals surface area (Å²) in [6.07, 6.45) is 50.3. The Morgan fingerprint density at radius 3 is 1.14 bits per heavy atom. The summed E-state index contributed by atoms with van der Waals surface area (Å²) >= 11 is 0. The Balaban J connectivity index is 3.67. The smallest absolute Gasteiger partial charge is 0.158 e. The van der Waals surface area contributed by atoms with E-state index in [0.717, 1.165) is 51.9 Å². The Labute approximate surface area is 277 Å². The van der Waals surface area contributed by atoms with Gasteiger partial charge in [-0.25, -0.2) is 0 Å². The van der Waals surface area contributed by atoms with Gasteiger partial charge in [-0.05, 0) is 91.1 Å². The van der Waals surface area contributed by atoms with Crippen LogP contribution in [0.1, 0.15) is 174 Å². The van der Waals surface area contributed by atoms with Gasteiger partial charge in [0.15, 0.2) is 6.29 Å². The van der Waals surface area contributed by atoms with E-state index in [1.165, 1.54) is 128 Å². The van der Waals surface area contributed by atoms with Crippen LogP contribution in [0.15, 0.2) is 48.6 Å². The molecule has 0 radical (unpaired) electrons. The number of allylic oxidation sites excluding steroid dienone is 8. The van der Waals surface area contributed by atoms with E-state index in [-0.39, 0.29) is 6.29 Å². The highest BCUT2D eigenvalue weighted by Crippen LogP contribution is 2.12. The van der Waals surface area contributed by atoms with Gasteiger partial charge < -0.3 is 14.4 Å². The molecule has 0 aliphatic carbocycles. The van der Waals surface area contributed by atoms with Crippen molar-refractivity contribution in [1.82, 2.24) is 4.90 Å². The molecule has 0 saturated heterocycles. The van der Waals surface area contributed by atoms with Crippen LogP contribution in [0, 0.1) is 0 Å². The third-order valence-corrected chi connectivity index (χ3v) is 8.11. The lowest BCUT2D eigenvalue weighted by Gasteiger charge is -2.20. The molecular weight excluding hydrogens is 538 g/mol. The Morgan fingerprint density at radius 1 is 0.432 bits per heavy atom. The maximum absolute atomic E-state index is 6.17. The highest BCUT2D eigenvalue weighted by atomic mass is 16.7. The van der Waals surface area contributed by atoms with Crippen molar-refractivity contribution in [3.8, 4) is 0 Å². The minimum absolute atomic E-state index is 0.0478. The molecule has 0 aromatic carbocycles. The molecule has 0 bridgehead atoms. The van der Waals surface area contributed by atoms with Crippen LogP contribution in [0.3, 0.4) is 0 Å². The molecule has 0 unspecified atom stereocenters. The maximum Gasteiger partial charge on any atom is 0.158 e. The molecule has 0 aliphatic rings. The Kier molecular flexibility index (Phi) is 37.0. The summed E-state index contributed by atoms with van der Waals surface area (Å²) in [6, 6.07) is 0. The van der Waals surface area contributed by atoms with Gasteiger partial charge in [-0.1, -0.05) is 140 Å². The second-order valence-electron chi connectivity index (χ2n) is 12.9. The van der Waals surface area contributed by atoms with Crippen LogP contribution in [-0.4, -0.2) is 45.0 Å². The second-order valence-corrected chi connectivity index (χ2v) is 12.9. The summed E-state index contributed by atoms with van der Waals surface area (Å²) < 4.78 is 12.3. The molecule has 0 rings (SSSR count). The predicted molar refractivity (Wildman–Crippen MR) is 198 cm³/mol. The van der Waals surface area contributed by atoms with Crippen molar-refractivity contribution in [2.24, 2.45) is 0 Å². The first-order valence-corrected chi connectivity index (χ1v) is 19.2. The van der Waals surface area contributed by atoms with E-state index in [1.54, 1.807) is 0 Å². The fraction of sp³-hybridized carbons (Fsp3) is 0.805. The summed E-state index contributed by atoms with van der Waals surface area (Å²) in [5, 5.41) is 0. The molecule has 44 heavy (non-hydrogen) atoms. The lowest BCUT2D eigenvalue weighted by molar-refractivity contribution is -0.148. The zero-order valence-corrected chi connectivity index (χ0v) is 30.3. The van der Waals surface area contributed by atoms with Crippen molar-refractivity contribution < 1.29 is 9.47 Å². The zero-order valence-electron chi connectivity index (χ0n) is 30.3. The van der Waals surface area contributed by atoms with Gasteiger partial charge in [0.2, 0.25) is 0 Å². The molecule has 0 N–H and O–H groups in total. The summed E-state index contributed by atoms with van der Waals surface area (Å²) in [6.45, 7) is 7.20. The Morgan fingerprint density at radius 2 is 0.773 bits per heavy atom. The topological polar surface area (TPSA) is 21.7 Å². The Bertz CT molecular complexity index is 601.